The molecular weight excluding hydrogens is 973 g/mol. The molecule has 0 radical (unpaired) electrons. The van der Waals surface area contributed by atoms with Gasteiger partial charge in [0, 0.05) is 19.3 Å². The molecule has 0 amide bonds. The van der Waals surface area contributed by atoms with Gasteiger partial charge in [-0.15, -0.1) is 0 Å². The van der Waals surface area contributed by atoms with E-state index in [4.69, 9.17) is 14.2 Å². The Labute approximate surface area is 491 Å². The van der Waals surface area contributed by atoms with E-state index in [0.29, 0.717) is 19.3 Å². The number of hydrogen-bond donors (Lipinski definition) is 0. The first kappa shape index (κ1) is 75.8. The van der Waals surface area contributed by atoms with Crippen LogP contribution < -0.4 is 0 Å². The summed E-state index contributed by atoms with van der Waals surface area (Å²) in [5, 5.41) is 0. The van der Waals surface area contributed by atoms with Gasteiger partial charge in [0.1, 0.15) is 13.2 Å². The molecule has 0 aromatic heterocycles. The lowest BCUT2D eigenvalue weighted by molar-refractivity contribution is -0.167. The molecule has 0 heterocycles. The molecule has 0 rings (SSSR count). The van der Waals surface area contributed by atoms with Crippen molar-refractivity contribution in [3.8, 4) is 0 Å². The first-order valence-corrected chi connectivity index (χ1v) is 34.4. The molecule has 1 atom stereocenters. The minimum atomic E-state index is -0.769. The van der Waals surface area contributed by atoms with Crippen molar-refractivity contribution in [2.45, 2.75) is 361 Å². The molecular formula is C73H130O6. The summed E-state index contributed by atoms with van der Waals surface area (Å²) in [5.41, 5.74) is 0. The van der Waals surface area contributed by atoms with E-state index < -0.39 is 6.10 Å². The Kier molecular flexibility index (Phi) is 64.7. The van der Waals surface area contributed by atoms with Gasteiger partial charge >= 0.3 is 17.9 Å². The molecule has 0 saturated carbocycles. The van der Waals surface area contributed by atoms with Crippen molar-refractivity contribution in [2.24, 2.45) is 0 Å². The molecule has 0 aromatic rings. The van der Waals surface area contributed by atoms with Gasteiger partial charge in [-0.05, 0) is 70.6 Å². The lowest BCUT2D eigenvalue weighted by Crippen LogP contribution is -2.30. The number of ether oxygens (including phenoxy) is 3. The summed E-state index contributed by atoms with van der Waals surface area (Å²) >= 11 is 0. The maximum Gasteiger partial charge on any atom is 0.306 e. The van der Waals surface area contributed by atoms with Crippen LogP contribution in [0.3, 0.4) is 0 Å². The molecule has 0 aromatic carbocycles. The third-order valence-corrected chi connectivity index (χ3v) is 15.2. The Morgan fingerprint density at radius 3 is 0.772 bits per heavy atom. The Morgan fingerprint density at radius 2 is 0.494 bits per heavy atom. The van der Waals surface area contributed by atoms with Crippen molar-refractivity contribution < 1.29 is 28.6 Å². The van der Waals surface area contributed by atoms with E-state index in [-0.39, 0.29) is 31.1 Å². The fourth-order valence-electron chi connectivity index (χ4n) is 10.1. The number of esters is 3. The van der Waals surface area contributed by atoms with Crippen LogP contribution in [0.5, 0.6) is 0 Å². The lowest BCUT2D eigenvalue weighted by Gasteiger charge is -2.18. The highest BCUT2D eigenvalue weighted by Gasteiger charge is 2.19. The second kappa shape index (κ2) is 67.4. The molecule has 0 N–H and O–H groups in total. The van der Waals surface area contributed by atoms with Crippen LogP contribution in [0.1, 0.15) is 355 Å². The van der Waals surface area contributed by atoms with Crippen LogP contribution in [-0.2, 0) is 28.6 Å². The Morgan fingerprint density at radius 1 is 0.266 bits per heavy atom. The lowest BCUT2D eigenvalue weighted by atomic mass is 10.0. The zero-order valence-electron chi connectivity index (χ0n) is 52.6. The minimum Gasteiger partial charge on any atom is -0.462 e. The number of rotatable bonds is 63. The predicted molar refractivity (Wildman–Crippen MR) is 344 cm³/mol. The monoisotopic (exact) mass is 1100 g/mol. The van der Waals surface area contributed by atoms with E-state index in [1.807, 2.05) is 0 Å². The summed E-state index contributed by atoms with van der Waals surface area (Å²) in [6.07, 6.45) is 87.9. The van der Waals surface area contributed by atoms with Gasteiger partial charge in [-0.25, -0.2) is 0 Å². The summed E-state index contributed by atoms with van der Waals surface area (Å²) in [5.74, 6) is -0.846. The second-order valence-corrected chi connectivity index (χ2v) is 23.1. The van der Waals surface area contributed by atoms with Gasteiger partial charge in [0.25, 0.3) is 0 Å². The van der Waals surface area contributed by atoms with Crippen LogP contribution in [-0.4, -0.2) is 37.2 Å². The van der Waals surface area contributed by atoms with Crippen LogP contribution in [0.2, 0.25) is 0 Å². The maximum absolute atomic E-state index is 12.9. The zero-order chi connectivity index (χ0) is 57.1. The number of carbonyl (C=O) groups excluding carboxylic acids is 3. The largest absolute Gasteiger partial charge is 0.462 e. The van der Waals surface area contributed by atoms with Crippen LogP contribution in [0.25, 0.3) is 0 Å². The average Bonchev–Trinajstić information content (AvgIpc) is 3.45. The predicted octanol–water partition coefficient (Wildman–Crippen LogP) is 23.7. The van der Waals surface area contributed by atoms with E-state index in [9.17, 15) is 14.4 Å². The molecule has 1 unspecified atom stereocenters. The number of hydrogen-bond acceptors (Lipinski definition) is 6. The van der Waals surface area contributed by atoms with Crippen molar-refractivity contribution in [3.05, 3.63) is 72.9 Å². The topological polar surface area (TPSA) is 78.9 Å². The van der Waals surface area contributed by atoms with Gasteiger partial charge in [0.2, 0.25) is 0 Å². The van der Waals surface area contributed by atoms with Crippen molar-refractivity contribution >= 4 is 17.9 Å². The Bertz CT molecular complexity index is 1450. The summed E-state index contributed by atoms with van der Waals surface area (Å²) in [4.78, 5) is 38.3. The molecule has 6 nitrogen and oxygen atoms in total. The van der Waals surface area contributed by atoms with Crippen molar-refractivity contribution in [3.63, 3.8) is 0 Å². The summed E-state index contributed by atoms with van der Waals surface area (Å²) in [6.45, 7) is 6.57. The van der Waals surface area contributed by atoms with E-state index >= 15 is 0 Å². The highest BCUT2D eigenvalue weighted by atomic mass is 16.6. The highest BCUT2D eigenvalue weighted by molar-refractivity contribution is 5.71. The van der Waals surface area contributed by atoms with Gasteiger partial charge in [-0.1, -0.05) is 338 Å². The Balaban J connectivity index is 4.07. The van der Waals surface area contributed by atoms with Gasteiger partial charge in [0.15, 0.2) is 6.10 Å². The van der Waals surface area contributed by atoms with Crippen molar-refractivity contribution in [1.82, 2.24) is 0 Å². The quantitative estimate of drug-likeness (QED) is 0.0261. The fourth-order valence-corrected chi connectivity index (χ4v) is 10.1. The normalized spacial score (nSPS) is 12.5. The summed E-state index contributed by atoms with van der Waals surface area (Å²) < 4.78 is 16.9. The molecule has 0 aliphatic heterocycles. The third-order valence-electron chi connectivity index (χ3n) is 15.2. The molecule has 0 aliphatic rings. The first-order chi connectivity index (χ1) is 39.0. The molecule has 0 spiro atoms. The fraction of sp³-hybridized carbons (Fsp3) is 0.795. The number of carbonyl (C=O) groups is 3. The first-order valence-electron chi connectivity index (χ1n) is 34.4. The van der Waals surface area contributed by atoms with Crippen LogP contribution in [0.15, 0.2) is 72.9 Å². The van der Waals surface area contributed by atoms with Crippen molar-refractivity contribution in [1.29, 1.82) is 0 Å². The maximum atomic E-state index is 12.9. The second-order valence-electron chi connectivity index (χ2n) is 23.1. The number of unbranched alkanes of at least 4 members (excludes halogenated alkanes) is 40. The van der Waals surface area contributed by atoms with E-state index in [1.165, 1.54) is 218 Å². The Hall–Kier alpha value is -3.15. The zero-order valence-corrected chi connectivity index (χ0v) is 52.6. The van der Waals surface area contributed by atoms with Gasteiger partial charge < -0.3 is 14.2 Å². The SMILES string of the molecule is CC/C=C\C/C=C\C/C=C\C/C=C\C/C=C\C/C=C\CCCCCCCCCCCCCCCCCCC(=O)OCC(COC(=O)CCCCCCCCCCCCC)OC(=O)CCCCCCCCCCCCCCCCC. The van der Waals surface area contributed by atoms with Crippen LogP contribution in [0.4, 0.5) is 0 Å². The van der Waals surface area contributed by atoms with Crippen LogP contribution in [0, 0.1) is 0 Å². The molecule has 458 valence electrons. The van der Waals surface area contributed by atoms with E-state index in [0.717, 1.165) is 96.3 Å². The standard InChI is InChI=1S/C73H130O6/c1-4-7-10-13-16-19-22-24-26-27-28-29-30-31-32-33-34-35-36-37-38-39-40-41-42-43-44-45-47-48-51-54-57-60-63-66-72(75)78-69-70(68-77-71(74)65-62-59-56-53-50-21-18-15-12-9-6-3)79-73(76)67-64-61-58-55-52-49-46-25-23-20-17-14-11-8-5-2/h7,10,16,19,24,26,28-29,31-32,34-35,70H,4-6,8-9,11-15,17-18,20-23,25,27,30,33,36-69H2,1-3H3/b10-7-,19-16-,26-24-,29-28-,32-31-,35-34-. The van der Waals surface area contributed by atoms with Crippen molar-refractivity contribution in [2.75, 3.05) is 13.2 Å². The molecule has 79 heavy (non-hydrogen) atoms. The van der Waals surface area contributed by atoms with Crippen LogP contribution >= 0.6 is 0 Å². The molecule has 0 bridgehead atoms. The number of allylic oxidation sites excluding steroid dienone is 12. The van der Waals surface area contributed by atoms with E-state index in [2.05, 4.69) is 93.7 Å². The minimum absolute atomic E-state index is 0.0674. The van der Waals surface area contributed by atoms with Gasteiger partial charge in [0.05, 0.1) is 0 Å². The summed E-state index contributed by atoms with van der Waals surface area (Å²) in [6, 6.07) is 0. The third kappa shape index (κ3) is 65.5. The summed E-state index contributed by atoms with van der Waals surface area (Å²) in [7, 11) is 0. The highest BCUT2D eigenvalue weighted by Crippen LogP contribution is 2.18. The smallest absolute Gasteiger partial charge is 0.306 e. The average molecular weight is 1100 g/mol. The van der Waals surface area contributed by atoms with Gasteiger partial charge in [-0.3, -0.25) is 14.4 Å². The molecule has 0 fully saturated rings. The molecule has 0 saturated heterocycles. The van der Waals surface area contributed by atoms with Gasteiger partial charge in [-0.2, -0.15) is 0 Å². The molecule has 6 heteroatoms. The molecule has 0 aliphatic carbocycles. The van der Waals surface area contributed by atoms with E-state index in [1.54, 1.807) is 0 Å².